The van der Waals surface area contributed by atoms with Crippen molar-refractivity contribution in [3.05, 3.63) is 48.0 Å². The van der Waals surface area contributed by atoms with Crippen LogP contribution in [0.25, 0.3) is 0 Å². The molecule has 0 radical (unpaired) electrons. The van der Waals surface area contributed by atoms with E-state index in [1.54, 1.807) is 42.5 Å². The number of benzene rings is 2. The number of ether oxygens (including phenoxy) is 1. The topological polar surface area (TPSA) is 95.9 Å². The van der Waals surface area contributed by atoms with Crippen LogP contribution in [-0.2, 0) is 9.59 Å². The number of nitrogens with one attached hydrogen (secondary N) is 1. The molecule has 0 fully saturated rings. The van der Waals surface area contributed by atoms with Crippen molar-refractivity contribution in [2.45, 2.75) is 19.8 Å². The molecule has 0 saturated heterocycles. The zero-order chi connectivity index (χ0) is 17.0. The molecule has 0 aromatic heterocycles. The lowest BCUT2D eigenvalue weighted by Gasteiger charge is -2.14. The van der Waals surface area contributed by atoms with Gasteiger partial charge in [-0.1, -0.05) is 13.8 Å². The molecule has 1 amide bonds. The quantitative estimate of drug-likeness (QED) is 0.752. The Bertz CT molecular complexity index is 722. The standard InChI is InChI=1S/C17H17NO5/c1-10(2)14-9-12(19)5-8-15(14)23-13-6-3-11(4-7-13)18-16(20)17(21)22/h3-10,19H,1-2H3,(H,18,20)(H,21,22). The van der Waals surface area contributed by atoms with Gasteiger partial charge in [0, 0.05) is 11.3 Å². The fraction of sp³-hybridized carbons (Fsp3) is 0.176. The number of phenols is 1. The van der Waals surface area contributed by atoms with E-state index >= 15 is 0 Å². The molecular weight excluding hydrogens is 298 g/mol. The van der Waals surface area contributed by atoms with Gasteiger partial charge in [-0.15, -0.1) is 0 Å². The van der Waals surface area contributed by atoms with Gasteiger partial charge in [0.15, 0.2) is 0 Å². The second-order valence-electron chi connectivity index (χ2n) is 5.26. The highest BCUT2D eigenvalue weighted by molar-refractivity contribution is 6.36. The Balaban J connectivity index is 2.15. The minimum Gasteiger partial charge on any atom is -0.508 e. The number of carbonyl (C=O) groups is 2. The van der Waals surface area contributed by atoms with Crippen molar-refractivity contribution in [3.63, 3.8) is 0 Å². The molecule has 2 rings (SSSR count). The van der Waals surface area contributed by atoms with Gasteiger partial charge in [0.05, 0.1) is 0 Å². The van der Waals surface area contributed by atoms with Crippen LogP contribution in [0.3, 0.4) is 0 Å². The highest BCUT2D eigenvalue weighted by Gasteiger charge is 2.12. The van der Waals surface area contributed by atoms with Crippen molar-refractivity contribution in [1.29, 1.82) is 0 Å². The van der Waals surface area contributed by atoms with Gasteiger partial charge >= 0.3 is 11.9 Å². The zero-order valence-electron chi connectivity index (χ0n) is 12.7. The lowest BCUT2D eigenvalue weighted by atomic mass is 10.0. The number of carbonyl (C=O) groups excluding carboxylic acids is 1. The van der Waals surface area contributed by atoms with Gasteiger partial charge in [-0.25, -0.2) is 4.79 Å². The molecule has 0 atom stereocenters. The monoisotopic (exact) mass is 315 g/mol. The Hall–Kier alpha value is -3.02. The van der Waals surface area contributed by atoms with Gasteiger partial charge in [-0.05, 0) is 48.4 Å². The lowest BCUT2D eigenvalue weighted by molar-refractivity contribution is -0.147. The largest absolute Gasteiger partial charge is 0.508 e. The summed E-state index contributed by atoms with van der Waals surface area (Å²) in [4.78, 5) is 21.6. The van der Waals surface area contributed by atoms with E-state index in [4.69, 9.17) is 9.84 Å². The van der Waals surface area contributed by atoms with Gasteiger partial charge < -0.3 is 20.3 Å². The Morgan fingerprint density at radius 3 is 2.30 bits per heavy atom. The number of carboxylic acid groups (broad SMARTS) is 1. The summed E-state index contributed by atoms with van der Waals surface area (Å²) < 4.78 is 5.79. The number of hydrogen-bond acceptors (Lipinski definition) is 4. The third-order valence-corrected chi connectivity index (χ3v) is 3.15. The summed E-state index contributed by atoms with van der Waals surface area (Å²) >= 11 is 0. The first-order valence-corrected chi connectivity index (χ1v) is 7.02. The molecule has 6 heteroatoms. The maximum absolute atomic E-state index is 11.1. The van der Waals surface area contributed by atoms with Gasteiger partial charge in [-0.2, -0.15) is 0 Å². The van der Waals surface area contributed by atoms with Crippen LogP contribution in [0, 0.1) is 0 Å². The smallest absolute Gasteiger partial charge is 0.394 e. The van der Waals surface area contributed by atoms with Gasteiger partial charge in [0.2, 0.25) is 0 Å². The van der Waals surface area contributed by atoms with E-state index < -0.39 is 11.9 Å². The van der Waals surface area contributed by atoms with E-state index in [9.17, 15) is 14.7 Å². The normalized spacial score (nSPS) is 10.4. The predicted molar refractivity (Wildman–Crippen MR) is 85.0 cm³/mol. The van der Waals surface area contributed by atoms with Gasteiger partial charge in [-0.3, -0.25) is 4.79 Å². The van der Waals surface area contributed by atoms with Crippen molar-refractivity contribution in [2.24, 2.45) is 0 Å². The molecule has 2 aromatic rings. The average Bonchev–Trinajstić information content (AvgIpc) is 2.50. The molecule has 0 heterocycles. The number of rotatable bonds is 4. The van der Waals surface area contributed by atoms with E-state index in [0.717, 1.165) is 5.56 Å². The first-order chi connectivity index (χ1) is 10.9. The average molecular weight is 315 g/mol. The lowest BCUT2D eigenvalue weighted by Crippen LogP contribution is -2.21. The highest BCUT2D eigenvalue weighted by atomic mass is 16.5. The summed E-state index contributed by atoms with van der Waals surface area (Å²) in [7, 11) is 0. The molecule has 120 valence electrons. The fourth-order valence-electron chi connectivity index (χ4n) is 2.00. The summed E-state index contributed by atoms with van der Waals surface area (Å²) in [5, 5.41) is 20.4. The van der Waals surface area contributed by atoms with E-state index in [2.05, 4.69) is 5.32 Å². The minimum absolute atomic E-state index is 0.172. The molecule has 0 bridgehead atoms. The molecule has 23 heavy (non-hydrogen) atoms. The summed E-state index contributed by atoms with van der Waals surface area (Å²) in [5.74, 6) is -1.14. The maximum Gasteiger partial charge on any atom is 0.394 e. The number of aliphatic carboxylic acids is 1. The molecule has 0 aliphatic carbocycles. The van der Waals surface area contributed by atoms with E-state index in [1.165, 1.54) is 0 Å². The molecule has 0 spiro atoms. The first-order valence-electron chi connectivity index (χ1n) is 7.02. The SMILES string of the molecule is CC(C)c1cc(O)ccc1Oc1ccc(NC(=O)C(=O)O)cc1. The van der Waals surface area contributed by atoms with E-state index in [0.29, 0.717) is 17.2 Å². The molecule has 0 aliphatic rings. The third kappa shape index (κ3) is 4.23. The molecule has 0 aliphatic heterocycles. The van der Waals surface area contributed by atoms with Crippen LogP contribution in [0.2, 0.25) is 0 Å². The number of carboxylic acids is 1. The number of amides is 1. The van der Waals surface area contributed by atoms with E-state index in [-0.39, 0.29) is 11.7 Å². The minimum atomic E-state index is -1.55. The second kappa shape index (κ2) is 6.83. The summed E-state index contributed by atoms with van der Waals surface area (Å²) in [6.07, 6.45) is 0. The summed E-state index contributed by atoms with van der Waals surface area (Å²) in [5.41, 5.74) is 1.23. The van der Waals surface area contributed by atoms with Crippen LogP contribution < -0.4 is 10.1 Å². The van der Waals surface area contributed by atoms with Crippen LogP contribution in [0.4, 0.5) is 5.69 Å². The molecule has 2 aromatic carbocycles. The fourth-order valence-corrected chi connectivity index (χ4v) is 2.00. The van der Waals surface area contributed by atoms with Crippen molar-refractivity contribution in [1.82, 2.24) is 0 Å². The van der Waals surface area contributed by atoms with Crippen molar-refractivity contribution < 1.29 is 24.5 Å². The van der Waals surface area contributed by atoms with Crippen LogP contribution >= 0.6 is 0 Å². The molecule has 6 nitrogen and oxygen atoms in total. The number of hydrogen-bond donors (Lipinski definition) is 3. The number of aromatic hydroxyl groups is 1. The molecular formula is C17H17NO5. The predicted octanol–water partition coefficient (Wildman–Crippen LogP) is 3.33. The van der Waals surface area contributed by atoms with Gasteiger partial charge in [0.1, 0.15) is 17.2 Å². The van der Waals surface area contributed by atoms with Gasteiger partial charge in [0.25, 0.3) is 0 Å². The Morgan fingerprint density at radius 1 is 1.09 bits per heavy atom. The molecule has 0 saturated carbocycles. The van der Waals surface area contributed by atoms with Crippen LogP contribution in [-0.4, -0.2) is 22.1 Å². The highest BCUT2D eigenvalue weighted by Crippen LogP contribution is 2.33. The Morgan fingerprint density at radius 2 is 1.74 bits per heavy atom. The molecule has 3 N–H and O–H groups in total. The second-order valence-corrected chi connectivity index (χ2v) is 5.26. The Kier molecular flexibility index (Phi) is 4.85. The van der Waals surface area contributed by atoms with E-state index in [1.807, 2.05) is 13.8 Å². The Labute approximate surface area is 133 Å². The van der Waals surface area contributed by atoms with Crippen molar-refractivity contribution >= 4 is 17.6 Å². The van der Waals surface area contributed by atoms with Crippen molar-refractivity contribution in [3.8, 4) is 17.2 Å². The van der Waals surface area contributed by atoms with Crippen LogP contribution in [0.15, 0.2) is 42.5 Å². The first kappa shape index (κ1) is 16.4. The van der Waals surface area contributed by atoms with Crippen molar-refractivity contribution in [2.75, 3.05) is 5.32 Å². The van der Waals surface area contributed by atoms with Crippen LogP contribution in [0.1, 0.15) is 25.3 Å². The molecule has 0 unspecified atom stereocenters. The van der Waals surface area contributed by atoms with Crippen LogP contribution in [0.5, 0.6) is 17.2 Å². The zero-order valence-corrected chi connectivity index (χ0v) is 12.7. The third-order valence-electron chi connectivity index (χ3n) is 3.15. The summed E-state index contributed by atoms with van der Waals surface area (Å²) in [6, 6.07) is 11.2. The number of anilines is 1. The number of phenolic OH excluding ortho intramolecular Hbond substituents is 1. The summed E-state index contributed by atoms with van der Waals surface area (Å²) in [6.45, 7) is 3.98. The maximum atomic E-state index is 11.1.